The number of fused-ring (bicyclic) bond motifs is 3. The summed E-state index contributed by atoms with van der Waals surface area (Å²) in [5.74, 6) is 1.50. The highest BCUT2D eigenvalue weighted by Gasteiger charge is 2.48. The molecule has 0 spiro atoms. The van der Waals surface area contributed by atoms with Crippen LogP contribution in [0.3, 0.4) is 0 Å². The molecule has 46 heavy (non-hydrogen) atoms. The zero-order chi connectivity index (χ0) is 32.4. The lowest BCUT2D eigenvalue weighted by atomic mass is 9.92. The van der Waals surface area contributed by atoms with E-state index in [1.54, 1.807) is 57.4 Å². The van der Waals surface area contributed by atoms with Gasteiger partial charge in [-0.3, -0.25) is 4.79 Å². The maximum Gasteiger partial charge on any atom is 0.275 e. The number of pyridine rings is 1. The van der Waals surface area contributed by atoms with Crippen LogP contribution in [0.4, 0.5) is 0 Å². The lowest BCUT2D eigenvalue weighted by Crippen LogP contribution is -2.38. The van der Waals surface area contributed by atoms with Crippen molar-refractivity contribution in [2.75, 3.05) is 13.1 Å². The first kappa shape index (κ1) is 31.2. The highest BCUT2D eigenvalue weighted by atomic mass is 32.2. The Morgan fingerprint density at radius 1 is 0.935 bits per heavy atom. The molecule has 7 rings (SSSR count). The number of aromatic nitrogens is 2. The summed E-state index contributed by atoms with van der Waals surface area (Å²) >= 11 is 0. The van der Waals surface area contributed by atoms with Crippen molar-refractivity contribution in [2.45, 2.75) is 81.7 Å². The molecule has 2 aromatic heterocycles. The highest BCUT2D eigenvalue weighted by molar-refractivity contribution is 7.90. The van der Waals surface area contributed by atoms with Crippen LogP contribution in [-0.2, 0) is 27.4 Å². The molecule has 2 bridgehead atoms. The van der Waals surface area contributed by atoms with Crippen LogP contribution >= 0.6 is 0 Å². The van der Waals surface area contributed by atoms with Crippen molar-refractivity contribution in [1.29, 1.82) is 0 Å². The summed E-state index contributed by atoms with van der Waals surface area (Å²) in [6, 6.07) is 13.9. The second kappa shape index (κ2) is 11.7. The third kappa shape index (κ3) is 5.59. The zero-order valence-electron chi connectivity index (χ0n) is 26.9. The van der Waals surface area contributed by atoms with Crippen LogP contribution in [0.25, 0.3) is 22.0 Å². The third-order valence-electron chi connectivity index (χ3n) is 10.2. The van der Waals surface area contributed by atoms with Crippen molar-refractivity contribution < 1.29 is 23.0 Å². The quantitative estimate of drug-likeness (QED) is 0.275. The molecule has 3 fully saturated rings. The number of nitrogens with one attached hydrogen (secondary N) is 1. The van der Waals surface area contributed by atoms with Crippen LogP contribution in [0.15, 0.2) is 70.6 Å². The average Bonchev–Trinajstić information content (AvgIpc) is 3.75. The summed E-state index contributed by atoms with van der Waals surface area (Å²) in [6.45, 7) is 7.38. The number of benzene rings is 2. The van der Waals surface area contributed by atoms with Crippen LogP contribution in [0.2, 0.25) is 0 Å². The molecule has 2 aliphatic carbocycles. The minimum Gasteiger partial charge on any atom is -0.489 e. The average molecular weight is 646 g/mol. The molecule has 0 amide bonds. The largest absolute Gasteiger partial charge is 0.489 e. The standard InChI is InChI=1S/C36H43N3O6S/c1-22-5-8-27(9-6-22)46(42,43)39-16-13-28-30(21-38(4)35(40)34(28)39)29-20-25(36(2,3)41)7-10-31(29)45-33-19-23-17-24(33)18-32(23)44-26-11-14-37-15-12-26/h5-10,13,16,20-21,23-24,26,32-33,37,41H,11-12,14-15,17-19H2,1-4H3. The number of aliphatic hydroxyl groups is 1. The Hall–Kier alpha value is -3.44. The van der Waals surface area contributed by atoms with Crippen molar-refractivity contribution in [3.8, 4) is 16.9 Å². The summed E-state index contributed by atoms with van der Waals surface area (Å²) in [5, 5.41) is 14.9. The number of rotatable bonds is 8. The van der Waals surface area contributed by atoms with E-state index in [0.29, 0.717) is 45.8 Å². The Kier molecular flexibility index (Phi) is 7.91. The van der Waals surface area contributed by atoms with E-state index in [0.717, 1.165) is 54.7 Å². The molecule has 0 radical (unpaired) electrons. The van der Waals surface area contributed by atoms with Gasteiger partial charge in [-0.1, -0.05) is 23.8 Å². The lowest BCUT2D eigenvalue weighted by molar-refractivity contribution is -0.0621. The number of piperidine rings is 1. The molecular formula is C36H43N3O6S. The molecule has 9 nitrogen and oxygen atoms in total. The molecule has 10 heteroatoms. The van der Waals surface area contributed by atoms with Crippen molar-refractivity contribution in [3.63, 3.8) is 0 Å². The molecule has 2 N–H and O–H groups in total. The Labute approximate surface area is 270 Å². The zero-order valence-corrected chi connectivity index (χ0v) is 27.7. The molecule has 3 aliphatic rings. The van der Waals surface area contributed by atoms with Crippen LogP contribution in [0.1, 0.15) is 57.1 Å². The van der Waals surface area contributed by atoms with Gasteiger partial charge in [-0.25, -0.2) is 12.4 Å². The topological polar surface area (TPSA) is 112 Å². The van der Waals surface area contributed by atoms with E-state index in [9.17, 15) is 18.3 Å². The Bertz CT molecular complexity index is 1930. The first-order valence-corrected chi connectivity index (χ1v) is 17.8. The van der Waals surface area contributed by atoms with E-state index < -0.39 is 21.2 Å². The van der Waals surface area contributed by atoms with E-state index in [2.05, 4.69) is 5.32 Å². The second-order valence-corrected chi connectivity index (χ2v) is 15.7. The van der Waals surface area contributed by atoms with Crippen molar-refractivity contribution in [2.24, 2.45) is 18.9 Å². The van der Waals surface area contributed by atoms with Gasteiger partial charge >= 0.3 is 0 Å². The number of nitrogens with zero attached hydrogens (tertiary/aromatic N) is 2. The van der Waals surface area contributed by atoms with E-state index in [1.807, 2.05) is 25.1 Å². The number of hydrogen-bond donors (Lipinski definition) is 2. The summed E-state index contributed by atoms with van der Waals surface area (Å²) in [5.41, 5.74) is 1.51. The summed E-state index contributed by atoms with van der Waals surface area (Å²) in [7, 11) is -2.42. The van der Waals surface area contributed by atoms with Crippen molar-refractivity contribution in [1.82, 2.24) is 13.9 Å². The van der Waals surface area contributed by atoms with E-state index in [4.69, 9.17) is 9.47 Å². The smallest absolute Gasteiger partial charge is 0.275 e. The molecule has 4 atom stereocenters. The van der Waals surface area contributed by atoms with Crippen LogP contribution in [-0.4, -0.2) is 53.5 Å². The Morgan fingerprint density at radius 3 is 2.30 bits per heavy atom. The van der Waals surface area contributed by atoms with Crippen LogP contribution in [0.5, 0.6) is 5.75 Å². The molecule has 2 saturated carbocycles. The molecule has 2 aromatic carbocycles. The van der Waals surface area contributed by atoms with Gasteiger partial charge in [-0.2, -0.15) is 0 Å². The summed E-state index contributed by atoms with van der Waals surface area (Å²) in [4.78, 5) is 13.7. The Morgan fingerprint density at radius 2 is 1.63 bits per heavy atom. The van der Waals surface area contributed by atoms with Gasteiger partial charge in [0, 0.05) is 36.0 Å². The van der Waals surface area contributed by atoms with Gasteiger partial charge in [0.05, 0.1) is 22.7 Å². The minimum absolute atomic E-state index is 0.0270. The predicted octanol–water partition coefficient (Wildman–Crippen LogP) is 5.09. The first-order valence-electron chi connectivity index (χ1n) is 16.3. The molecule has 244 valence electrons. The fourth-order valence-corrected chi connectivity index (χ4v) is 8.96. The molecular weight excluding hydrogens is 602 g/mol. The summed E-state index contributed by atoms with van der Waals surface area (Å²) in [6.07, 6.45) is 8.93. The minimum atomic E-state index is -4.04. The molecule has 3 heterocycles. The number of hydrogen-bond acceptors (Lipinski definition) is 7. The van der Waals surface area contributed by atoms with Gasteiger partial charge in [-0.15, -0.1) is 0 Å². The second-order valence-electron chi connectivity index (χ2n) is 13.9. The van der Waals surface area contributed by atoms with Gasteiger partial charge in [0.25, 0.3) is 15.6 Å². The molecule has 1 aliphatic heterocycles. The van der Waals surface area contributed by atoms with E-state index in [-0.39, 0.29) is 22.6 Å². The van der Waals surface area contributed by atoms with Crippen molar-refractivity contribution in [3.05, 3.63) is 82.4 Å². The summed E-state index contributed by atoms with van der Waals surface area (Å²) < 4.78 is 43.4. The van der Waals surface area contributed by atoms with Gasteiger partial charge in [0.2, 0.25) is 0 Å². The fraction of sp³-hybridized carbons (Fsp3) is 0.472. The van der Waals surface area contributed by atoms with Crippen LogP contribution in [0, 0.1) is 18.8 Å². The molecule has 4 aromatic rings. The number of aryl methyl sites for hydroxylation is 2. The maximum absolute atomic E-state index is 13.8. The molecule has 1 saturated heterocycles. The highest BCUT2D eigenvalue weighted by Crippen LogP contribution is 2.49. The normalized spacial score (nSPS) is 23.8. The lowest BCUT2D eigenvalue weighted by Gasteiger charge is -2.33. The Balaban J connectivity index is 1.26. The maximum atomic E-state index is 13.8. The van der Waals surface area contributed by atoms with Gasteiger partial charge in [-0.05, 0) is 114 Å². The van der Waals surface area contributed by atoms with Gasteiger partial charge in [0.1, 0.15) is 17.4 Å². The van der Waals surface area contributed by atoms with Gasteiger partial charge in [0.15, 0.2) is 0 Å². The van der Waals surface area contributed by atoms with E-state index >= 15 is 0 Å². The molecule has 4 unspecified atom stereocenters. The predicted molar refractivity (Wildman–Crippen MR) is 178 cm³/mol. The van der Waals surface area contributed by atoms with Crippen molar-refractivity contribution >= 4 is 20.9 Å². The van der Waals surface area contributed by atoms with E-state index in [1.165, 1.54) is 10.8 Å². The van der Waals surface area contributed by atoms with Gasteiger partial charge < -0.3 is 24.5 Å². The third-order valence-corrected chi connectivity index (χ3v) is 11.9. The SMILES string of the molecule is Cc1ccc(S(=O)(=O)n2ccc3c(-c4cc(C(C)(C)O)ccc4OC4CC5CC4CC5OC4CCNCC4)cn(C)c(=O)c32)cc1. The fourth-order valence-electron chi connectivity index (χ4n) is 7.62. The monoisotopic (exact) mass is 645 g/mol. The number of ether oxygens (including phenoxy) is 2. The first-order chi connectivity index (χ1) is 21.9. The van der Waals surface area contributed by atoms with Crippen LogP contribution < -0.4 is 15.6 Å².